The predicted octanol–water partition coefficient (Wildman–Crippen LogP) is 2.91. The van der Waals surface area contributed by atoms with Gasteiger partial charge in [0.15, 0.2) is 11.6 Å². The van der Waals surface area contributed by atoms with E-state index in [1.165, 1.54) is 18.3 Å². The maximum Gasteiger partial charge on any atom is 0.188 e. The Kier molecular flexibility index (Phi) is 6.91. The molecule has 0 unspecified atom stereocenters. The lowest BCUT2D eigenvalue weighted by molar-refractivity contribution is 0.0903. The Hall–Kier alpha value is -2.55. The van der Waals surface area contributed by atoms with Crippen LogP contribution < -0.4 is 0 Å². The van der Waals surface area contributed by atoms with E-state index in [-0.39, 0.29) is 17.5 Å². The normalized spacial score (nSPS) is 11.0. The van der Waals surface area contributed by atoms with Crippen molar-refractivity contribution in [3.05, 3.63) is 71.4 Å². The number of imidazole rings is 1. The maximum atomic E-state index is 13.1. The van der Waals surface area contributed by atoms with Crippen LogP contribution in [0.1, 0.15) is 21.6 Å². The van der Waals surface area contributed by atoms with Crippen molar-refractivity contribution in [1.82, 2.24) is 14.5 Å². The first-order valence-electron chi connectivity index (χ1n) is 8.70. The number of benzene rings is 1. The standard InChI is InChI=1S/C20H20FN3O3S/c21-16-3-1-14(2-4-16)6-8-24-17(12-27-13-28)10-23-20(24)18-9-15(5-7-22-18)19(26)11-25/h1-5,7,9-10,25,28H,6,8,11-13H2. The molecule has 3 rings (SSSR count). The monoisotopic (exact) mass is 401 g/mol. The third-order valence-electron chi connectivity index (χ3n) is 4.27. The Morgan fingerprint density at radius 2 is 2.00 bits per heavy atom. The van der Waals surface area contributed by atoms with Gasteiger partial charge in [0.25, 0.3) is 0 Å². The molecule has 0 amide bonds. The van der Waals surface area contributed by atoms with Gasteiger partial charge >= 0.3 is 0 Å². The van der Waals surface area contributed by atoms with Gasteiger partial charge in [0.2, 0.25) is 0 Å². The van der Waals surface area contributed by atoms with Gasteiger partial charge in [0.05, 0.1) is 24.4 Å². The third-order valence-corrected chi connectivity index (χ3v) is 4.45. The van der Waals surface area contributed by atoms with Gasteiger partial charge in [0, 0.05) is 18.3 Å². The van der Waals surface area contributed by atoms with Crippen molar-refractivity contribution in [2.45, 2.75) is 19.6 Å². The number of aromatic nitrogens is 3. The van der Waals surface area contributed by atoms with Gasteiger partial charge in [-0.1, -0.05) is 12.1 Å². The van der Waals surface area contributed by atoms with Crippen molar-refractivity contribution in [2.75, 3.05) is 12.5 Å². The Bertz CT molecular complexity index is 944. The number of ketones is 1. The van der Waals surface area contributed by atoms with E-state index in [9.17, 15) is 9.18 Å². The highest BCUT2D eigenvalue weighted by molar-refractivity contribution is 7.80. The molecule has 146 valence electrons. The van der Waals surface area contributed by atoms with E-state index >= 15 is 0 Å². The van der Waals surface area contributed by atoms with Gasteiger partial charge < -0.3 is 14.4 Å². The number of carbonyl (C=O) groups is 1. The van der Waals surface area contributed by atoms with Crippen LogP contribution in [0, 0.1) is 5.82 Å². The van der Waals surface area contributed by atoms with Crippen LogP contribution in [0.4, 0.5) is 4.39 Å². The van der Waals surface area contributed by atoms with E-state index in [0.29, 0.717) is 36.7 Å². The average molecular weight is 401 g/mol. The Balaban J connectivity index is 1.91. The highest BCUT2D eigenvalue weighted by atomic mass is 32.1. The number of rotatable bonds is 9. The van der Waals surface area contributed by atoms with Crippen molar-refractivity contribution in [2.24, 2.45) is 0 Å². The molecule has 3 aromatic rings. The van der Waals surface area contributed by atoms with Crippen LogP contribution in [0.25, 0.3) is 11.5 Å². The number of thiol groups is 1. The van der Waals surface area contributed by atoms with Crippen LogP contribution in [-0.2, 0) is 24.3 Å². The molecule has 2 heterocycles. The smallest absolute Gasteiger partial charge is 0.188 e. The lowest BCUT2D eigenvalue weighted by Crippen LogP contribution is -2.10. The summed E-state index contributed by atoms with van der Waals surface area (Å²) in [5.41, 5.74) is 2.72. The highest BCUT2D eigenvalue weighted by Gasteiger charge is 2.15. The minimum atomic E-state index is -0.566. The topological polar surface area (TPSA) is 77.2 Å². The number of halogens is 1. The van der Waals surface area contributed by atoms with E-state index in [1.807, 2.05) is 4.57 Å². The van der Waals surface area contributed by atoms with Crippen molar-refractivity contribution >= 4 is 18.4 Å². The average Bonchev–Trinajstić information content (AvgIpc) is 3.14. The van der Waals surface area contributed by atoms with E-state index in [4.69, 9.17) is 9.84 Å². The second-order valence-corrected chi connectivity index (χ2v) is 6.35. The highest BCUT2D eigenvalue weighted by Crippen LogP contribution is 2.21. The van der Waals surface area contributed by atoms with Crippen molar-refractivity contribution in [3.8, 4) is 11.5 Å². The van der Waals surface area contributed by atoms with Gasteiger partial charge in [-0.3, -0.25) is 9.78 Å². The zero-order valence-corrected chi connectivity index (χ0v) is 16.0. The molecule has 0 aliphatic rings. The summed E-state index contributed by atoms with van der Waals surface area (Å²) in [6, 6.07) is 9.52. The fraction of sp³-hybridized carbons (Fsp3) is 0.250. The molecule has 0 saturated heterocycles. The van der Waals surface area contributed by atoms with E-state index in [2.05, 4.69) is 22.6 Å². The maximum absolute atomic E-state index is 13.1. The first-order chi connectivity index (χ1) is 13.6. The molecule has 8 heteroatoms. The molecular weight excluding hydrogens is 381 g/mol. The van der Waals surface area contributed by atoms with Crippen LogP contribution in [0.3, 0.4) is 0 Å². The second kappa shape index (κ2) is 9.59. The Morgan fingerprint density at radius 3 is 2.71 bits per heavy atom. The lowest BCUT2D eigenvalue weighted by Gasteiger charge is -2.12. The molecule has 0 aliphatic heterocycles. The number of pyridine rings is 1. The molecule has 28 heavy (non-hydrogen) atoms. The van der Waals surface area contributed by atoms with Gasteiger partial charge in [-0.15, -0.1) is 0 Å². The first kappa shape index (κ1) is 20.2. The Morgan fingerprint density at radius 1 is 1.21 bits per heavy atom. The fourth-order valence-electron chi connectivity index (χ4n) is 2.84. The zero-order chi connectivity index (χ0) is 19.9. The predicted molar refractivity (Wildman–Crippen MR) is 106 cm³/mol. The second-order valence-electron chi connectivity index (χ2n) is 6.09. The molecular formula is C20H20FN3O3S. The SMILES string of the molecule is O=C(CO)c1ccnc(-c2ncc(COCS)n2CCc2ccc(F)cc2)c1. The van der Waals surface area contributed by atoms with Crippen LogP contribution in [-0.4, -0.2) is 38.0 Å². The van der Waals surface area contributed by atoms with Crippen LogP contribution in [0.5, 0.6) is 0 Å². The summed E-state index contributed by atoms with van der Waals surface area (Å²) in [6.07, 6.45) is 3.87. The van der Waals surface area contributed by atoms with Crippen LogP contribution in [0.2, 0.25) is 0 Å². The van der Waals surface area contributed by atoms with Gasteiger partial charge in [-0.25, -0.2) is 9.37 Å². The van der Waals surface area contributed by atoms with E-state index in [1.54, 1.807) is 30.5 Å². The number of ether oxygens (including phenoxy) is 1. The summed E-state index contributed by atoms with van der Waals surface area (Å²) in [5.74, 6) is 0.209. The summed E-state index contributed by atoms with van der Waals surface area (Å²) in [5, 5.41) is 9.09. The third kappa shape index (κ3) is 4.83. The number of aliphatic hydroxyl groups excluding tert-OH is 1. The zero-order valence-electron chi connectivity index (χ0n) is 15.1. The molecule has 1 aromatic carbocycles. The number of aryl methyl sites for hydroxylation is 1. The quantitative estimate of drug-likeness (QED) is 0.328. The molecule has 6 nitrogen and oxygen atoms in total. The number of aliphatic hydroxyl groups is 1. The van der Waals surface area contributed by atoms with Crippen LogP contribution in [0.15, 0.2) is 48.8 Å². The van der Waals surface area contributed by atoms with Gasteiger partial charge in [0.1, 0.15) is 18.1 Å². The lowest BCUT2D eigenvalue weighted by atomic mass is 10.1. The molecule has 0 radical (unpaired) electrons. The van der Waals surface area contributed by atoms with Gasteiger partial charge in [-0.05, 0) is 36.2 Å². The molecule has 0 spiro atoms. The molecule has 0 atom stereocenters. The number of nitrogens with zero attached hydrogens (tertiary/aromatic N) is 3. The molecule has 0 saturated carbocycles. The fourth-order valence-corrected chi connectivity index (χ4v) is 2.93. The summed E-state index contributed by atoms with van der Waals surface area (Å²) in [4.78, 5) is 20.6. The largest absolute Gasteiger partial charge is 0.388 e. The summed E-state index contributed by atoms with van der Waals surface area (Å²) in [6.45, 7) is 0.338. The van der Waals surface area contributed by atoms with Crippen molar-refractivity contribution in [1.29, 1.82) is 0 Å². The number of Topliss-reactive ketones (excluding diaryl/α,β-unsaturated/α-hetero) is 1. The molecule has 2 aromatic heterocycles. The number of hydrogen-bond donors (Lipinski definition) is 2. The van der Waals surface area contributed by atoms with E-state index < -0.39 is 6.61 Å². The number of hydrogen-bond acceptors (Lipinski definition) is 6. The Labute approximate surface area is 167 Å². The minimum absolute atomic E-state index is 0.274. The first-order valence-corrected chi connectivity index (χ1v) is 9.33. The summed E-state index contributed by atoms with van der Waals surface area (Å²) < 4.78 is 20.5. The summed E-state index contributed by atoms with van der Waals surface area (Å²) in [7, 11) is 0. The minimum Gasteiger partial charge on any atom is -0.388 e. The molecule has 0 bridgehead atoms. The molecule has 0 aliphatic carbocycles. The molecule has 0 fully saturated rings. The van der Waals surface area contributed by atoms with Crippen molar-refractivity contribution < 1.29 is 19.0 Å². The number of carbonyl (C=O) groups excluding carboxylic acids is 1. The van der Waals surface area contributed by atoms with E-state index in [0.717, 1.165) is 11.3 Å². The molecule has 1 N–H and O–H groups in total. The van der Waals surface area contributed by atoms with Crippen LogP contribution >= 0.6 is 12.6 Å². The van der Waals surface area contributed by atoms with Crippen molar-refractivity contribution in [3.63, 3.8) is 0 Å². The summed E-state index contributed by atoms with van der Waals surface area (Å²) >= 11 is 4.07. The van der Waals surface area contributed by atoms with Gasteiger partial charge in [-0.2, -0.15) is 12.6 Å².